The first-order chi connectivity index (χ1) is 12.6. The van der Waals surface area contributed by atoms with Crippen LogP contribution < -0.4 is 5.32 Å². The van der Waals surface area contributed by atoms with Crippen LogP contribution >= 0.6 is 0 Å². The van der Waals surface area contributed by atoms with Crippen LogP contribution in [0.25, 0.3) is 0 Å². The summed E-state index contributed by atoms with van der Waals surface area (Å²) in [7, 11) is 0. The molecule has 0 aliphatic carbocycles. The van der Waals surface area contributed by atoms with E-state index in [0.717, 1.165) is 0 Å². The lowest BCUT2D eigenvalue weighted by Crippen LogP contribution is -2.61. The minimum absolute atomic E-state index is 0.0150. The lowest BCUT2D eigenvalue weighted by atomic mass is 9.92. The smallest absolute Gasteiger partial charge is 0.334 e. The predicted octanol–water partition coefficient (Wildman–Crippen LogP) is 0.0133. The number of aliphatic hydroxyl groups is 3. The first-order valence-corrected chi connectivity index (χ1v) is 9.17. The van der Waals surface area contributed by atoms with E-state index in [9.17, 15) is 24.9 Å². The molecule has 5 atom stereocenters. The van der Waals surface area contributed by atoms with E-state index in [1.807, 2.05) is 0 Å². The molecule has 1 saturated heterocycles. The molecule has 9 heteroatoms. The summed E-state index contributed by atoms with van der Waals surface area (Å²) in [4.78, 5) is 23.7. The summed E-state index contributed by atoms with van der Waals surface area (Å²) in [6, 6.07) is -1.22. The van der Waals surface area contributed by atoms with Gasteiger partial charge >= 0.3 is 5.97 Å². The molecule has 0 radical (unpaired) electrons. The Morgan fingerprint density at radius 3 is 2.39 bits per heavy atom. The molecule has 1 fully saturated rings. The van der Waals surface area contributed by atoms with Crippen LogP contribution in [0.1, 0.15) is 48.0 Å². The molecule has 1 heterocycles. The lowest BCUT2D eigenvalue weighted by molar-refractivity contribution is -0.321. The molecular weight excluding hydrogens is 370 g/mol. The van der Waals surface area contributed by atoms with E-state index >= 15 is 0 Å². The molecule has 0 spiro atoms. The van der Waals surface area contributed by atoms with E-state index < -0.39 is 53.7 Å². The fraction of sp³-hybridized carbons (Fsp3) is 0.789. The molecule has 0 saturated carbocycles. The Kier molecular flexibility index (Phi) is 8.16. The van der Waals surface area contributed by atoms with Gasteiger partial charge in [-0.2, -0.15) is 0 Å². The number of aliphatic hydroxyl groups excluding tert-OH is 3. The Morgan fingerprint density at radius 2 is 1.89 bits per heavy atom. The molecule has 1 amide bonds. The van der Waals surface area contributed by atoms with Gasteiger partial charge in [-0.15, -0.1) is 0 Å². The second-order valence-electron chi connectivity index (χ2n) is 8.45. The van der Waals surface area contributed by atoms with Gasteiger partial charge in [0, 0.05) is 18.9 Å². The van der Waals surface area contributed by atoms with Crippen molar-refractivity contribution in [1.29, 1.82) is 0 Å². The summed E-state index contributed by atoms with van der Waals surface area (Å²) >= 11 is 0. The molecule has 1 aliphatic rings. The van der Waals surface area contributed by atoms with Crippen molar-refractivity contribution < 1.29 is 39.1 Å². The van der Waals surface area contributed by atoms with Gasteiger partial charge in [0.1, 0.15) is 23.9 Å². The molecule has 4 N–H and O–H groups in total. The van der Waals surface area contributed by atoms with E-state index in [0.29, 0.717) is 0 Å². The van der Waals surface area contributed by atoms with Gasteiger partial charge < -0.3 is 34.8 Å². The standard InChI is InChI=1S/C19H33NO8/c1-10(17(25)28-18(3,4)5)8-12(22)14(20-11(2)21)15(24)16-13(23)9-26-19(6,7)27-16/h12-16,22-24H,1,8-9H2,2-7H3,(H,20,21)/t12?,13?,14?,15?,16-/m1/s1. The average Bonchev–Trinajstić information content (AvgIpc) is 2.52. The quantitative estimate of drug-likeness (QED) is 0.345. The maximum Gasteiger partial charge on any atom is 0.334 e. The van der Waals surface area contributed by atoms with E-state index in [-0.39, 0.29) is 18.6 Å². The second-order valence-corrected chi connectivity index (χ2v) is 8.45. The molecule has 0 aromatic carbocycles. The Bertz CT molecular complexity index is 583. The summed E-state index contributed by atoms with van der Waals surface area (Å²) in [5, 5.41) is 33.9. The number of esters is 1. The molecule has 4 unspecified atom stereocenters. The number of rotatable bonds is 7. The van der Waals surface area contributed by atoms with E-state index in [1.165, 1.54) is 6.92 Å². The molecule has 1 rings (SSSR count). The first kappa shape index (κ1) is 24.5. The number of carbonyl (C=O) groups is 2. The van der Waals surface area contributed by atoms with Crippen LogP contribution in [0.15, 0.2) is 12.2 Å². The maximum absolute atomic E-state index is 12.1. The molecule has 28 heavy (non-hydrogen) atoms. The van der Waals surface area contributed by atoms with E-state index in [1.54, 1.807) is 34.6 Å². The monoisotopic (exact) mass is 403 g/mol. The third-order valence-corrected chi connectivity index (χ3v) is 4.03. The summed E-state index contributed by atoms with van der Waals surface area (Å²) in [6.45, 7) is 13.1. The highest BCUT2D eigenvalue weighted by molar-refractivity contribution is 5.88. The van der Waals surface area contributed by atoms with Crippen molar-refractivity contribution in [1.82, 2.24) is 5.32 Å². The zero-order chi connectivity index (χ0) is 21.9. The van der Waals surface area contributed by atoms with Crippen LogP contribution in [0.2, 0.25) is 0 Å². The fourth-order valence-electron chi connectivity index (χ4n) is 2.78. The van der Waals surface area contributed by atoms with Crippen molar-refractivity contribution >= 4 is 11.9 Å². The molecule has 162 valence electrons. The Balaban J connectivity index is 2.92. The molecule has 0 aromatic heterocycles. The number of hydrogen-bond donors (Lipinski definition) is 4. The maximum atomic E-state index is 12.1. The van der Waals surface area contributed by atoms with Crippen molar-refractivity contribution in [2.75, 3.05) is 6.61 Å². The minimum atomic E-state index is -1.47. The SMILES string of the molecule is C=C(CC(O)C(NC(C)=O)C(O)[C@@H]1OC(C)(C)OCC1O)C(=O)OC(C)(C)C. The Hall–Kier alpha value is -1.52. The highest BCUT2D eigenvalue weighted by atomic mass is 16.7. The van der Waals surface area contributed by atoms with Crippen molar-refractivity contribution in [2.45, 2.75) is 89.8 Å². The third-order valence-electron chi connectivity index (χ3n) is 4.03. The van der Waals surface area contributed by atoms with Crippen LogP contribution in [0, 0.1) is 0 Å². The molecule has 1 aliphatic heterocycles. The zero-order valence-electron chi connectivity index (χ0n) is 17.4. The van der Waals surface area contributed by atoms with Crippen LogP contribution in [0.5, 0.6) is 0 Å². The number of ether oxygens (including phenoxy) is 3. The molecule has 0 aromatic rings. The highest BCUT2D eigenvalue weighted by Gasteiger charge is 2.44. The lowest BCUT2D eigenvalue weighted by Gasteiger charge is -2.43. The normalized spacial score (nSPS) is 25.3. The summed E-state index contributed by atoms with van der Waals surface area (Å²) in [5.41, 5.74) is -0.744. The van der Waals surface area contributed by atoms with Crippen LogP contribution in [-0.2, 0) is 23.8 Å². The number of carbonyl (C=O) groups excluding carboxylic acids is 2. The second kappa shape index (κ2) is 9.32. The third kappa shape index (κ3) is 7.48. The van der Waals surface area contributed by atoms with Crippen LogP contribution in [0.4, 0.5) is 0 Å². The molecule has 0 bridgehead atoms. The highest BCUT2D eigenvalue weighted by Crippen LogP contribution is 2.27. The van der Waals surface area contributed by atoms with Gasteiger partial charge in [0.05, 0.1) is 18.8 Å². The van der Waals surface area contributed by atoms with Crippen molar-refractivity contribution in [3.8, 4) is 0 Å². The topological polar surface area (TPSA) is 135 Å². The summed E-state index contributed by atoms with van der Waals surface area (Å²) in [5.74, 6) is -2.26. The molecule has 9 nitrogen and oxygen atoms in total. The largest absolute Gasteiger partial charge is 0.457 e. The predicted molar refractivity (Wildman–Crippen MR) is 100 cm³/mol. The Labute approximate surface area is 165 Å². The van der Waals surface area contributed by atoms with Gasteiger partial charge in [0.25, 0.3) is 0 Å². The number of amides is 1. The van der Waals surface area contributed by atoms with Gasteiger partial charge in [0.2, 0.25) is 5.91 Å². The fourth-order valence-corrected chi connectivity index (χ4v) is 2.78. The summed E-state index contributed by atoms with van der Waals surface area (Å²) < 4.78 is 16.1. The average molecular weight is 403 g/mol. The van der Waals surface area contributed by atoms with Crippen molar-refractivity contribution in [2.24, 2.45) is 0 Å². The number of hydrogen-bond acceptors (Lipinski definition) is 8. The zero-order valence-corrected chi connectivity index (χ0v) is 17.4. The Morgan fingerprint density at radius 1 is 1.32 bits per heavy atom. The molecular formula is C19H33NO8. The summed E-state index contributed by atoms with van der Waals surface area (Å²) in [6.07, 6.45) is -5.38. The number of nitrogens with one attached hydrogen (secondary N) is 1. The van der Waals surface area contributed by atoms with Gasteiger partial charge in [-0.25, -0.2) is 4.79 Å². The van der Waals surface area contributed by atoms with Gasteiger partial charge in [0.15, 0.2) is 5.79 Å². The van der Waals surface area contributed by atoms with Gasteiger partial charge in [-0.3, -0.25) is 4.79 Å². The van der Waals surface area contributed by atoms with Crippen LogP contribution in [0.3, 0.4) is 0 Å². The van der Waals surface area contributed by atoms with E-state index in [4.69, 9.17) is 14.2 Å². The minimum Gasteiger partial charge on any atom is -0.457 e. The van der Waals surface area contributed by atoms with E-state index in [2.05, 4.69) is 11.9 Å². The van der Waals surface area contributed by atoms with Gasteiger partial charge in [-0.05, 0) is 34.6 Å². The van der Waals surface area contributed by atoms with Crippen molar-refractivity contribution in [3.05, 3.63) is 12.2 Å². The first-order valence-electron chi connectivity index (χ1n) is 9.17. The van der Waals surface area contributed by atoms with Gasteiger partial charge in [-0.1, -0.05) is 6.58 Å². The van der Waals surface area contributed by atoms with Crippen LogP contribution in [-0.4, -0.2) is 75.6 Å². The van der Waals surface area contributed by atoms with Crippen molar-refractivity contribution in [3.63, 3.8) is 0 Å².